The first-order valence-corrected chi connectivity index (χ1v) is 12.7. The van der Waals surface area contributed by atoms with Crippen molar-refractivity contribution in [3.63, 3.8) is 0 Å². The molecular formula is C23H19BrClN3OS2. The van der Waals surface area contributed by atoms with Gasteiger partial charge in [-0.25, -0.2) is 4.98 Å². The third-order valence-corrected chi connectivity index (χ3v) is 7.42. The van der Waals surface area contributed by atoms with Gasteiger partial charge in [0, 0.05) is 27.0 Å². The summed E-state index contributed by atoms with van der Waals surface area (Å²) in [5.74, 6) is 0.915. The van der Waals surface area contributed by atoms with E-state index in [1.54, 1.807) is 22.9 Å². The van der Waals surface area contributed by atoms with Gasteiger partial charge in [-0.3, -0.25) is 14.7 Å². The van der Waals surface area contributed by atoms with Gasteiger partial charge < -0.3 is 0 Å². The molecule has 0 radical (unpaired) electrons. The molecule has 2 aromatic carbocycles. The predicted molar refractivity (Wildman–Crippen MR) is 134 cm³/mol. The molecule has 2 aromatic heterocycles. The Morgan fingerprint density at radius 1 is 1.13 bits per heavy atom. The molecular weight excluding hydrogens is 514 g/mol. The Labute approximate surface area is 202 Å². The maximum Gasteiger partial charge on any atom is 0.229 e. The topological polar surface area (TPSA) is 46.1 Å². The minimum Gasteiger partial charge on any atom is -0.282 e. The molecule has 31 heavy (non-hydrogen) atoms. The normalized spacial score (nSPS) is 11.0. The molecule has 0 unspecified atom stereocenters. The second-order valence-corrected chi connectivity index (χ2v) is 10.3. The summed E-state index contributed by atoms with van der Waals surface area (Å²) in [5.41, 5.74) is 1.73. The summed E-state index contributed by atoms with van der Waals surface area (Å²) >= 11 is 12.7. The molecule has 0 aliphatic heterocycles. The number of thiazole rings is 1. The zero-order chi connectivity index (χ0) is 21.6. The van der Waals surface area contributed by atoms with Crippen molar-refractivity contribution in [1.82, 2.24) is 9.97 Å². The van der Waals surface area contributed by atoms with E-state index in [0.29, 0.717) is 18.1 Å². The molecule has 0 saturated heterocycles. The molecule has 4 nitrogen and oxygen atoms in total. The van der Waals surface area contributed by atoms with Crippen LogP contribution in [0.3, 0.4) is 0 Å². The highest BCUT2D eigenvalue weighted by Gasteiger charge is 2.20. The number of hydrogen-bond donors (Lipinski definition) is 0. The van der Waals surface area contributed by atoms with Crippen molar-refractivity contribution in [3.8, 4) is 0 Å². The second-order valence-electron chi connectivity index (χ2n) is 6.82. The number of amides is 1. The van der Waals surface area contributed by atoms with Crippen molar-refractivity contribution < 1.29 is 4.79 Å². The third-order valence-electron chi connectivity index (χ3n) is 4.53. The average Bonchev–Trinajstić information content (AvgIpc) is 3.19. The first-order chi connectivity index (χ1) is 15.1. The highest BCUT2D eigenvalue weighted by Crippen LogP contribution is 2.32. The number of hydrogen-bond acceptors (Lipinski definition) is 5. The van der Waals surface area contributed by atoms with E-state index in [2.05, 4.69) is 20.9 Å². The quantitative estimate of drug-likeness (QED) is 0.178. The van der Waals surface area contributed by atoms with Crippen LogP contribution in [-0.2, 0) is 11.3 Å². The molecule has 0 spiro atoms. The molecule has 0 N–H and O–H groups in total. The first-order valence-electron chi connectivity index (χ1n) is 9.73. The van der Waals surface area contributed by atoms with Crippen LogP contribution in [-0.4, -0.2) is 21.6 Å². The first kappa shape index (κ1) is 22.3. The van der Waals surface area contributed by atoms with Crippen molar-refractivity contribution in [2.75, 3.05) is 10.7 Å². The van der Waals surface area contributed by atoms with Gasteiger partial charge in [0.05, 0.1) is 22.5 Å². The number of pyridine rings is 1. The number of benzene rings is 2. The van der Waals surface area contributed by atoms with Crippen LogP contribution in [0.1, 0.15) is 18.5 Å². The number of thioether (sulfide) groups is 1. The Kier molecular flexibility index (Phi) is 7.61. The molecule has 0 fully saturated rings. The number of aromatic nitrogens is 2. The number of carbonyl (C=O) groups is 1. The SMILES string of the molecule is O=C(CCCSc1ccc(Cl)cc1)N(Cc1ccccn1)c1nc2ccc(Br)cc2s1. The summed E-state index contributed by atoms with van der Waals surface area (Å²) in [6.45, 7) is 0.408. The minimum atomic E-state index is 0.0560. The summed E-state index contributed by atoms with van der Waals surface area (Å²) in [6.07, 6.45) is 2.98. The van der Waals surface area contributed by atoms with Crippen LogP contribution >= 0.6 is 50.6 Å². The third kappa shape index (κ3) is 6.07. The lowest BCUT2D eigenvalue weighted by atomic mass is 10.2. The van der Waals surface area contributed by atoms with Gasteiger partial charge in [-0.1, -0.05) is 44.9 Å². The molecule has 0 aliphatic rings. The molecule has 4 rings (SSSR count). The summed E-state index contributed by atoms with van der Waals surface area (Å²) in [5, 5.41) is 1.43. The highest BCUT2D eigenvalue weighted by molar-refractivity contribution is 9.10. The Morgan fingerprint density at radius 2 is 1.97 bits per heavy atom. The van der Waals surface area contributed by atoms with E-state index in [0.717, 1.165) is 42.5 Å². The van der Waals surface area contributed by atoms with E-state index >= 15 is 0 Å². The maximum atomic E-state index is 13.2. The van der Waals surface area contributed by atoms with Crippen LogP contribution in [0.5, 0.6) is 0 Å². The number of carbonyl (C=O) groups excluding carboxylic acids is 1. The summed E-state index contributed by atoms with van der Waals surface area (Å²) in [7, 11) is 0. The minimum absolute atomic E-state index is 0.0560. The molecule has 8 heteroatoms. The van der Waals surface area contributed by atoms with Crippen LogP contribution in [0.4, 0.5) is 5.13 Å². The number of fused-ring (bicyclic) bond motifs is 1. The smallest absolute Gasteiger partial charge is 0.229 e. The fourth-order valence-electron chi connectivity index (χ4n) is 3.00. The summed E-state index contributed by atoms with van der Waals surface area (Å²) in [6, 6.07) is 19.5. The van der Waals surface area contributed by atoms with Crippen molar-refractivity contribution in [2.24, 2.45) is 0 Å². The van der Waals surface area contributed by atoms with Crippen molar-refractivity contribution >= 4 is 71.9 Å². The van der Waals surface area contributed by atoms with Gasteiger partial charge in [0.15, 0.2) is 5.13 Å². The molecule has 2 heterocycles. The average molecular weight is 533 g/mol. The molecule has 0 atom stereocenters. The van der Waals surface area contributed by atoms with E-state index < -0.39 is 0 Å². The van der Waals surface area contributed by atoms with E-state index in [1.807, 2.05) is 60.7 Å². The van der Waals surface area contributed by atoms with Crippen LogP contribution in [0.2, 0.25) is 5.02 Å². The molecule has 0 saturated carbocycles. The lowest BCUT2D eigenvalue weighted by Gasteiger charge is -2.19. The predicted octanol–water partition coefficient (Wildman–Crippen LogP) is 7.21. The molecule has 158 valence electrons. The lowest BCUT2D eigenvalue weighted by Crippen LogP contribution is -2.30. The van der Waals surface area contributed by atoms with Crippen molar-refractivity contribution in [1.29, 1.82) is 0 Å². The van der Waals surface area contributed by atoms with Crippen LogP contribution in [0, 0.1) is 0 Å². The number of halogens is 2. The number of anilines is 1. The van der Waals surface area contributed by atoms with Crippen LogP contribution in [0.15, 0.2) is 76.2 Å². The highest BCUT2D eigenvalue weighted by atomic mass is 79.9. The van der Waals surface area contributed by atoms with Gasteiger partial charge in [0.25, 0.3) is 0 Å². The monoisotopic (exact) mass is 531 g/mol. The van der Waals surface area contributed by atoms with Gasteiger partial charge in [-0.2, -0.15) is 0 Å². The zero-order valence-corrected chi connectivity index (χ0v) is 20.5. The lowest BCUT2D eigenvalue weighted by molar-refractivity contribution is -0.118. The number of rotatable bonds is 8. The van der Waals surface area contributed by atoms with E-state index in [4.69, 9.17) is 16.6 Å². The Hall–Kier alpha value is -1.93. The maximum absolute atomic E-state index is 13.2. The Morgan fingerprint density at radius 3 is 2.74 bits per heavy atom. The fourth-order valence-corrected chi connectivity index (χ4v) is 5.51. The van der Waals surface area contributed by atoms with Crippen molar-refractivity contribution in [2.45, 2.75) is 24.3 Å². The van der Waals surface area contributed by atoms with E-state index in [1.165, 1.54) is 11.3 Å². The zero-order valence-electron chi connectivity index (χ0n) is 16.5. The van der Waals surface area contributed by atoms with Gasteiger partial charge in [-0.15, -0.1) is 11.8 Å². The van der Waals surface area contributed by atoms with E-state index in [-0.39, 0.29) is 5.91 Å². The van der Waals surface area contributed by atoms with Crippen LogP contribution in [0.25, 0.3) is 10.2 Å². The summed E-state index contributed by atoms with van der Waals surface area (Å²) in [4.78, 5) is 25.2. The van der Waals surface area contributed by atoms with E-state index in [9.17, 15) is 4.79 Å². The molecule has 1 amide bonds. The molecule has 0 aliphatic carbocycles. The molecule has 4 aromatic rings. The van der Waals surface area contributed by atoms with Gasteiger partial charge in [0.2, 0.25) is 5.91 Å². The summed E-state index contributed by atoms with van der Waals surface area (Å²) < 4.78 is 2.04. The Bertz CT molecular complexity index is 1170. The van der Waals surface area contributed by atoms with Gasteiger partial charge >= 0.3 is 0 Å². The standard InChI is InChI=1S/C23H19BrClN3OS2/c24-16-6-11-20-21(14-16)31-23(27-20)28(15-18-4-1-2-12-26-18)22(29)5-3-13-30-19-9-7-17(25)8-10-19/h1-2,4,6-12,14H,3,5,13,15H2. The van der Waals surface area contributed by atoms with Crippen molar-refractivity contribution in [3.05, 3.63) is 82.0 Å². The largest absolute Gasteiger partial charge is 0.282 e. The van der Waals surface area contributed by atoms with Gasteiger partial charge in [0.1, 0.15) is 0 Å². The molecule has 0 bridgehead atoms. The fraction of sp³-hybridized carbons (Fsp3) is 0.174. The Balaban J connectivity index is 1.46. The second kappa shape index (κ2) is 10.6. The number of nitrogens with zero attached hydrogens (tertiary/aromatic N) is 3. The van der Waals surface area contributed by atoms with Gasteiger partial charge in [-0.05, 0) is 66.8 Å². The van der Waals surface area contributed by atoms with Crippen LogP contribution < -0.4 is 4.90 Å².